The van der Waals surface area contributed by atoms with Crippen molar-refractivity contribution in [2.75, 3.05) is 0 Å². The Hall–Kier alpha value is -0.850. The summed E-state index contributed by atoms with van der Waals surface area (Å²) >= 11 is 0. The maximum absolute atomic E-state index is 4.15. The molecule has 1 aromatic rings. The first kappa shape index (κ1) is 12.2. The Bertz CT molecular complexity index is 243. The van der Waals surface area contributed by atoms with Crippen LogP contribution >= 0.6 is 0 Å². The van der Waals surface area contributed by atoms with Crippen molar-refractivity contribution in [1.29, 1.82) is 0 Å². The highest BCUT2D eigenvalue weighted by atomic mass is 14.6. The maximum atomic E-state index is 4.15. The molecule has 0 spiro atoms. The van der Waals surface area contributed by atoms with Crippen LogP contribution in [0.5, 0.6) is 0 Å². The number of nitrogens with zero attached hydrogens (tertiary/aromatic N) is 1. The smallest absolute Gasteiger partial charge is 0.0299 e. The Morgan fingerprint density at radius 1 is 1.27 bits per heavy atom. The molecular formula is C14H23N. The van der Waals surface area contributed by atoms with Gasteiger partial charge in [-0.1, -0.05) is 45.6 Å². The number of hydrogen-bond donors (Lipinski definition) is 0. The Morgan fingerprint density at radius 3 is 2.73 bits per heavy atom. The van der Waals surface area contributed by atoms with E-state index >= 15 is 0 Å². The molecule has 0 aliphatic heterocycles. The second kappa shape index (κ2) is 7.44. The van der Waals surface area contributed by atoms with E-state index in [9.17, 15) is 0 Å². The Labute approximate surface area is 93.9 Å². The van der Waals surface area contributed by atoms with Gasteiger partial charge in [0.25, 0.3) is 0 Å². The van der Waals surface area contributed by atoms with Crippen molar-refractivity contribution < 1.29 is 0 Å². The van der Waals surface area contributed by atoms with Crippen molar-refractivity contribution in [1.82, 2.24) is 4.98 Å². The summed E-state index contributed by atoms with van der Waals surface area (Å²) in [6.45, 7) is 4.58. The first-order valence-electron chi connectivity index (χ1n) is 6.25. The van der Waals surface area contributed by atoms with Crippen molar-refractivity contribution in [3.8, 4) is 0 Å². The molecule has 1 rings (SSSR count). The molecule has 0 aliphatic rings. The lowest BCUT2D eigenvalue weighted by molar-refractivity contribution is 0.421. The summed E-state index contributed by atoms with van der Waals surface area (Å²) in [5.74, 6) is 0.908. The van der Waals surface area contributed by atoms with Crippen LogP contribution in [0.4, 0.5) is 0 Å². The molecule has 0 saturated carbocycles. The largest absolute Gasteiger partial charge is 0.264 e. The van der Waals surface area contributed by atoms with Crippen LogP contribution in [0.15, 0.2) is 24.5 Å². The summed E-state index contributed by atoms with van der Waals surface area (Å²) in [5, 5.41) is 0. The molecule has 0 aromatic carbocycles. The van der Waals surface area contributed by atoms with Crippen molar-refractivity contribution >= 4 is 0 Å². The van der Waals surface area contributed by atoms with Gasteiger partial charge in [-0.25, -0.2) is 0 Å². The van der Waals surface area contributed by atoms with Crippen LogP contribution < -0.4 is 0 Å². The summed E-state index contributed by atoms with van der Waals surface area (Å²) in [6.07, 6.45) is 11.8. The first-order chi connectivity index (χ1) is 7.36. The summed E-state index contributed by atoms with van der Waals surface area (Å²) < 4.78 is 0. The third-order valence-corrected chi connectivity index (χ3v) is 3.11. The van der Waals surface area contributed by atoms with Crippen molar-refractivity contribution in [3.63, 3.8) is 0 Å². The van der Waals surface area contributed by atoms with Gasteiger partial charge in [0.1, 0.15) is 0 Å². The number of rotatable bonds is 7. The molecule has 1 aromatic heterocycles. The van der Waals surface area contributed by atoms with Gasteiger partial charge in [0.2, 0.25) is 0 Å². The Morgan fingerprint density at radius 2 is 2.13 bits per heavy atom. The molecule has 0 bridgehead atoms. The minimum absolute atomic E-state index is 0.908. The quantitative estimate of drug-likeness (QED) is 0.649. The van der Waals surface area contributed by atoms with Crippen LogP contribution in [0.25, 0.3) is 0 Å². The number of aryl methyl sites for hydroxylation is 1. The molecule has 0 aliphatic carbocycles. The van der Waals surface area contributed by atoms with Crippen LogP contribution in [-0.2, 0) is 6.42 Å². The van der Waals surface area contributed by atoms with E-state index < -0.39 is 0 Å². The fraction of sp³-hybridized carbons (Fsp3) is 0.643. The molecule has 0 fully saturated rings. The van der Waals surface area contributed by atoms with Gasteiger partial charge >= 0.3 is 0 Å². The normalized spacial score (nSPS) is 12.7. The van der Waals surface area contributed by atoms with Gasteiger partial charge in [0, 0.05) is 12.4 Å². The second-order valence-corrected chi connectivity index (χ2v) is 4.32. The van der Waals surface area contributed by atoms with E-state index in [4.69, 9.17) is 0 Å². The monoisotopic (exact) mass is 205 g/mol. The van der Waals surface area contributed by atoms with Crippen molar-refractivity contribution in [3.05, 3.63) is 30.1 Å². The molecule has 0 saturated heterocycles. The minimum Gasteiger partial charge on any atom is -0.264 e. The third-order valence-electron chi connectivity index (χ3n) is 3.11. The van der Waals surface area contributed by atoms with E-state index in [0.29, 0.717) is 0 Å². The highest BCUT2D eigenvalue weighted by Crippen LogP contribution is 2.18. The third kappa shape index (κ3) is 4.96. The highest BCUT2D eigenvalue weighted by Gasteiger charge is 2.05. The molecule has 1 atom stereocenters. The van der Waals surface area contributed by atoms with Gasteiger partial charge in [-0.2, -0.15) is 0 Å². The number of unbranched alkanes of at least 4 members (excludes halogenated alkanes) is 1. The topological polar surface area (TPSA) is 12.9 Å². The molecule has 84 valence electrons. The van der Waals surface area contributed by atoms with Gasteiger partial charge in [-0.05, 0) is 30.4 Å². The van der Waals surface area contributed by atoms with Crippen molar-refractivity contribution in [2.45, 2.75) is 52.4 Å². The SMILES string of the molecule is CCCCC(CC)CCc1cccnc1. The van der Waals surface area contributed by atoms with Crippen LogP contribution in [-0.4, -0.2) is 4.98 Å². The van der Waals surface area contributed by atoms with Gasteiger partial charge in [0.15, 0.2) is 0 Å². The molecule has 1 nitrogen and oxygen atoms in total. The van der Waals surface area contributed by atoms with Gasteiger partial charge in [-0.3, -0.25) is 4.98 Å². The lowest BCUT2D eigenvalue weighted by atomic mass is 9.93. The fourth-order valence-electron chi connectivity index (χ4n) is 1.96. The highest BCUT2D eigenvalue weighted by molar-refractivity contribution is 5.08. The summed E-state index contributed by atoms with van der Waals surface area (Å²) in [7, 11) is 0. The minimum atomic E-state index is 0.908. The maximum Gasteiger partial charge on any atom is 0.0299 e. The zero-order valence-electron chi connectivity index (χ0n) is 10.1. The van der Waals surface area contributed by atoms with Gasteiger partial charge in [-0.15, -0.1) is 0 Å². The van der Waals surface area contributed by atoms with E-state index in [-0.39, 0.29) is 0 Å². The van der Waals surface area contributed by atoms with E-state index in [2.05, 4.69) is 24.9 Å². The van der Waals surface area contributed by atoms with Crippen molar-refractivity contribution in [2.24, 2.45) is 5.92 Å². The predicted octanol–water partition coefficient (Wildman–Crippen LogP) is 4.23. The Balaban J connectivity index is 2.28. The standard InChI is InChI=1S/C14H23N/c1-3-5-7-13(4-2)9-10-14-8-6-11-15-12-14/h6,8,11-13H,3-5,7,9-10H2,1-2H3. The molecular weight excluding hydrogens is 182 g/mol. The molecule has 15 heavy (non-hydrogen) atoms. The van der Waals surface area contributed by atoms with Crippen LogP contribution in [0.1, 0.15) is 51.5 Å². The first-order valence-corrected chi connectivity index (χ1v) is 6.25. The molecule has 0 radical (unpaired) electrons. The lowest BCUT2D eigenvalue weighted by Gasteiger charge is -2.13. The van der Waals surface area contributed by atoms with Crippen LogP contribution in [0, 0.1) is 5.92 Å². The van der Waals surface area contributed by atoms with Crippen LogP contribution in [0.3, 0.4) is 0 Å². The summed E-state index contributed by atoms with van der Waals surface area (Å²) in [6, 6.07) is 4.21. The van der Waals surface area contributed by atoms with Gasteiger partial charge in [0.05, 0.1) is 0 Å². The van der Waals surface area contributed by atoms with E-state index in [1.54, 1.807) is 0 Å². The average molecular weight is 205 g/mol. The lowest BCUT2D eigenvalue weighted by Crippen LogP contribution is -2.01. The average Bonchev–Trinajstić information content (AvgIpc) is 2.31. The van der Waals surface area contributed by atoms with Gasteiger partial charge < -0.3 is 0 Å². The Kier molecular flexibility index (Phi) is 6.06. The van der Waals surface area contributed by atoms with E-state index in [0.717, 1.165) is 5.92 Å². The van der Waals surface area contributed by atoms with Crippen LogP contribution in [0.2, 0.25) is 0 Å². The number of hydrogen-bond acceptors (Lipinski definition) is 1. The molecule has 1 unspecified atom stereocenters. The molecule has 1 heteroatoms. The number of aromatic nitrogens is 1. The second-order valence-electron chi connectivity index (χ2n) is 4.32. The van der Waals surface area contributed by atoms with E-state index in [1.165, 1.54) is 44.1 Å². The van der Waals surface area contributed by atoms with E-state index in [1.807, 2.05) is 18.5 Å². The zero-order valence-corrected chi connectivity index (χ0v) is 10.1. The summed E-state index contributed by atoms with van der Waals surface area (Å²) in [4.78, 5) is 4.15. The molecule has 0 amide bonds. The predicted molar refractivity (Wildman–Crippen MR) is 65.9 cm³/mol. The fourth-order valence-corrected chi connectivity index (χ4v) is 1.96. The number of pyridine rings is 1. The zero-order chi connectivity index (χ0) is 10.9. The molecule has 1 heterocycles. The summed E-state index contributed by atoms with van der Waals surface area (Å²) in [5.41, 5.74) is 1.38. The molecule has 0 N–H and O–H groups in total.